The van der Waals surface area contributed by atoms with E-state index in [0.29, 0.717) is 6.08 Å². The van der Waals surface area contributed by atoms with Gasteiger partial charge in [-0.1, -0.05) is 0 Å². The maximum atomic E-state index is 10.7. The second-order valence-electron chi connectivity index (χ2n) is 2.35. The molecular formula is C8H5O6Zn-. The predicted molar refractivity (Wildman–Crippen MR) is 43.8 cm³/mol. The molecule has 0 saturated carbocycles. The van der Waals surface area contributed by atoms with E-state index in [1.165, 1.54) is 0 Å². The van der Waals surface area contributed by atoms with Gasteiger partial charge in [0.15, 0.2) is 0 Å². The summed E-state index contributed by atoms with van der Waals surface area (Å²) in [6.45, 7) is 4.93. The maximum absolute atomic E-state index is 10.7. The van der Waals surface area contributed by atoms with Crippen LogP contribution in [0.3, 0.4) is 0 Å². The van der Waals surface area contributed by atoms with Crippen molar-refractivity contribution in [2.24, 2.45) is 0 Å². The molecule has 0 atom stereocenters. The van der Waals surface area contributed by atoms with E-state index >= 15 is 0 Å². The molecule has 0 aromatic rings. The van der Waals surface area contributed by atoms with Crippen LogP contribution in [0, 0.1) is 6.58 Å². The summed E-state index contributed by atoms with van der Waals surface area (Å²) in [7, 11) is 0. The van der Waals surface area contributed by atoms with E-state index < -0.39 is 33.2 Å². The van der Waals surface area contributed by atoms with Crippen molar-refractivity contribution < 1.29 is 47.6 Å². The summed E-state index contributed by atoms with van der Waals surface area (Å²) >= 11 is 0.00157. The third kappa shape index (κ3) is 3.21. The number of carboxylic acid groups (broad SMARTS) is 3. The Bertz CT molecular complexity index is 392. The summed E-state index contributed by atoms with van der Waals surface area (Å²) in [5.74, 6) is -4.67. The first-order valence-corrected chi connectivity index (χ1v) is 4.99. The topological polar surface area (TPSA) is 112 Å². The Morgan fingerprint density at radius 3 is 1.67 bits per heavy atom. The number of rotatable bonds is 5. The van der Waals surface area contributed by atoms with Gasteiger partial charge >= 0.3 is 93.4 Å². The molecule has 0 fully saturated rings. The van der Waals surface area contributed by atoms with E-state index in [-0.39, 0.29) is 17.9 Å². The molecule has 0 spiro atoms. The molecular weight excluding hydrogens is 257 g/mol. The van der Waals surface area contributed by atoms with E-state index in [4.69, 9.17) is 21.9 Å². The van der Waals surface area contributed by atoms with Gasteiger partial charge in [0, 0.05) is 0 Å². The van der Waals surface area contributed by atoms with Gasteiger partial charge in [-0.3, -0.25) is 0 Å². The fourth-order valence-electron chi connectivity index (χ4n) is 0.775. The normalized spacial score (nSPS) is 11.3. The first-order chi connectivity index (χ1) is 6.82. The third-order valence-corrected chi connectivity index (χ3v) is 2.82. The van der Waals surface area contributed by atoms with Crippen molar-refractivity contribution in [3.8, 4) is 0 Å². The van der Waals surface area contributed by atoms with Gasteiger partial charge in [0.25, 0.3) is 0 Å². The van der Waals surface area contributed by atoms with Gasteiger partial charge in [-0.05, 0) is 0 Å². The standard InChI is InChI=1S/C8H5O6.Zn/c1-2-4(7(11)12)5(8(13)14)3-6(9)10;/h1-2H,(H,9,10)(H,11,12)(H,13,14);/q-1;/b5-4-;. The van der Waals surface area contributed by atoms with Crippen molar-refractivity contribution in [2.45, 2.75) is 0 Å². The second kappa shape index (κ2) is 5.31. The van der Waals surface area contributed by atoms with Crippen LogP contribution >= 0.6 is 0 Å². The first-order valence-electron chi connectivity index (χ1n) is 3.51. The van der Waals surface area contributed by atoms with Gasteiger partial charge < -0.3 is 0 Å². The molecule has 0 aliphatic heterocycles. The molecule has 0 bridgehead atoms. The summed E-state index contributed by atoms with van der Waals surface area (Å²) in [5, 5.41) is 25.9. The average Bonchev–Trinajstić information content (AvgIpc) is 2.11. The molecule has 15 heavy (non-hydrogen) atoms. The van der Waals surface area contributed by atoms with Crippen molar-refractivity contribution >= 4 is 22.0 Å². The van der Waals surface area contributed by atoms with Crippen LogP contribution < -0.4 is 0 Å². The van der Waals surface area contributed by atoms with Crippen molar-refractivity contribution in [2.75, 3.05) is 0 Å². The fraction of sp³-hybridized carbons (Fsp3) is 0. The average molecular weight is 263 g/mol. The van der Waals surface area contributed by atoms with Crippen LogP contribution in [-0.4, -0.2) is 37.3 Å². The van der Waals surface area contributed by atoms with Gasteiger partial charge in [-0.15, -0.1) is 0 Å². The van der Waals surface area contributed by atoms with Crippen LogP contribution in [-0.2, 0) is 32.2 Å². The Hall–Kier alpha value is -1.62. The SMILES string of the molecule is [CH-]=C/C(C(=O)O)=C(/C(=O)O)[C](=[Zn])C(=O)O. The Balaban J connectivity index is 5.77. The molecule has 0 heterocycles. The molecule has 0 aliphatic rings. The molecule has 0 aliphatic carbocycles. The van der Waals surface area contributed by atoms with E-state index in [2.05, 4.69) is 0 Å². The summed E-state index contributed by atoms with van der Waals surface area (Å²) in [5.41, 5.74) is -1.51. The minimum atomic E-state index is -1.63. The number of carboxylic acids is 3. The molecule has 76 valence electrons. The van der Waals surface area contributed by atoms with Crippen LogP contribution in [0.2, 0.25) is 0 Å². The van der Waals surface area contributed by atoms with Crippen LogP contribution in [0.4, 0.5) is 0 Å². The molecule has 0 radical (unpaired) electrons. The third-order valence-electron chi connectivity index (χ3n) is 1.44. The molecule has 0 aromatic carbocycles. The van der Waals surface area contributed by atoms with Crippen LogP contribution in [0.1, 0.15) is 0 Å². The van der Waals surface area contributed by atoms with Crippen LogP contribution in [0.5, 0.6) is 0 Å². The molecule has 7 heteroatoms. The van der Waals surface area contributed by atoms with Crippen LogP contribution in [0.25, 0.3) is 0 Å². The Labute approximate surface area is 93.7 Å². The van der Waals surface area contributed by atoms with E-state index in [1.54, 1.807) is 0 Å². The second-order valence-corrected chi connectivity index (χ2v) is 3.83. The minimum absolute atomic E-state index is 0.00157. The Morgan fingerprint density at radius 1 is 1.00 bits per heavy atom. The van der Waals surface area contributed by atoms with E-state index in [1.807, 2.05) is 0 Å². The summed E-state index contributed by atoms with van der Waals surface area (Å²) < 4.78 is -0.471. The molecule has 0 rings (SSSR count). The number of carbonyl (C=O) groups is 3. The van der Waals surface area contributed by atoms with Crippen LogP contribution in [0.15, 0.2) is 17.2 Å². The molecule has 0 amide bonds. The molecule has 0 unspecified atom stereocenters. The summed E-state index contributed by atoms with van der Waals surface area (Å²) in [6.07, 6.45) is 0.560. The van der Waals surface area contributed by atoms with E-state index in [9.17, 15) is 14.4 Å². The van der Waals surface area contributed by atoms with Gasteiger partial charge in [-0.2, -0.15) is 0 Å². The number of aliphatic carboxylic acids is 3. The number of hydrogen-bond acceptors (Lipinski definition) is 3. The zero-order valence-corrected chi connectivity index (χ0v) is 10.4. The fourth-order valence-corrected chi connectivity index (χ4v) is 1.49. The van der Waals surface area contributed by atoms with Crippen molar-refractivity contribution in [1.29, 1.82) is 0 Å². The predicted octanol–water partition coefficient (Wildman–Crippen LogP) is -0.755. The van der Waals surface area contributed by atoms with Crippen molar-refractivity contribution in [3.05, 3.63) is 23.8 Å². The van der Waals surface area contributed by atoms with Gasteiger partial charge in [0.05, 0.1) is 0 Å². The van der Waals surface area contributed by atoms with Gasteiger partial charge in [0.1, 0.15) is 0 Å². The monoisotopic (exact) mass is 261 g/mol. The summed E-state index contributed by atoms with van der Waals surface area (Å²) in [6, 6.07) is 0. The Morgan fingerprint density at radius 2 is 1.47 bits per heavy atom. The zero-order chi connectivity index (χ0) is 12.2. The van der Waals surface area contributed by atoms with Gasteiger partial charge in [0.2, 0.25) is 0 Å². The number of hydrogen-bond donors (Lipinski definition) is 3. The summed E-state index contributed by atoms with van der Waals surface area (Å²) in [4.78, 5) is 31.8. The molecule has 0 saturated heterocycles. The molecule has 3 N–H and O–H groups in total. The quantitative estimate of drug-likeness (QED) is 0.260. The molecule has 0 aromatic heterocycles. The zero-order valence-electron chi connectivity index (χ0n) is 7.43. The van der Waals surface area contributed by atoms with Gasteiger partial charge in [-0.25, -0.2) is 0 Å². The van der Waals surface area contributed by atoms with Crippen molar-refractivity contribution in [1.82, 2.24) is 0 Å². The molecule has 6 nitrogen and oxygen atoms in total. The van der Waals surface area contributed by atoms with E-state index in [0.717, 1.165) is 0 Å². The first kappa shape index (κ1) is 13.4. The van der Waals surface area contributed by atoms with Crippen molar-refractivity contribution in [3.63, 3.8) is 0 Å². The Kier molecular flexibility index (Phi) is 4.74.